The summed E-state index contributed by atoms with van der Waals surface area (Å²) in [5.41, 5.74) is 10.6. The fourth-order valence-corrected chi connectivity index (χ4v) is 1.59. The summed E-state index contributed by atoms with van der Waals surface area (Å²) in [5, 5.41) is 13.8. The molecule has 18 heavy (non-hydrogen) atoms. The van der Waals surface area contributed by atoms with Gasteiger partial charge in [0.2, 0.25) is 0 Å². The number of aromatic nitrogens is 1. The quantitative estimate of drug-likeness (QED) is 0.483. The third-order valence-electron chi connectivity index (χ3n) is 1.78. The zero-order chi connectivity index (χ0) is 13.7. The Hall–Kier alpha value is -2.16. The Labute approximate surface area is 106 Å². The van der Waals surface area contributed by atoms with Crippen molar-refractivity contribution in [2.24, 2.45) is 10.9 Å². The van der Waals surface area contributed by atoms with Gasteiger partial charge in [0.1, 0.15) is 11.8 Å². The number of nitrogens with zero attached hydrogens (tertiary/aromatic N) is 2. The average Bonchev–Trinajstić information content (AvgIpc) is 2.63. The van der Waals surface area contributed by atoms with Gasteiger partial charge in [-0.2, -0.15) is 0 Å². The molecule has 1 aromatic heterocycles. The van der Waals surface area contributed by atoms with E-state index in [1.165, 1.54) is 12.3 Å². The van der Waals surface area contributed by atoms with Gasteiger partial charge < -0.3 is 21.4 Å². The van der Waals surface area contributed by atoms with Crippen LogP contribution in [0, 0.1) is 0 Å². The molecule has 1 unspecified atom stereocenters. The molecule has 0 bridgehead atoms. The van der Waals surface area contributed by atoms with E-state index in [1.54, 1.807) is 0 Å². The van der Waals surface area contributed by atoms with Crippen molar-refractivity contribution in [1.29, 1.82) is 0 Å². The number of nitrogens with two attached hydrogens (primary N) is 2. The highest BCUT2D eigenvalue weighted by Gasteiger charge is 2.16. The summed E-state index contributed by atoms with van der Waals surface area (Å²) >= 11 is 1.12. The zero-order valence-electron chi connectivity index (χ0n) is 9.49. The van der Waals surface area contributed by atoms with Crippen LogP contribution in [-0.2, 0) is 14.4 Å². The Morgan fingerprint density at radius 2 is 2.33 bits per heavy atom. The summed E-state index contributed by atoms with van der Waals surface area (Å²) in [6.45, 7) is 1.51. The number of thiazole rings is 1. The minimum atomic E-state index is -1.03. The first kappa shape index (κ1) is 13.9. The first-order valence-electron chi connectivity index (χ1n) is 4.87. The number of carboxylic acids is 1. The summed E-state index contributed by atoms with van der Waals surface area (Å²) in [7, 11) is 0. The van der Waals surface area contributed by atoms with Crippen LogP contribution in [0.5, 0.6) is 0 Å². The molecule has 1 atom stereocenters. The fourth-order valence-electron chi connectivity index (χ4n) is 1.04. The van der Waals surface area contributed by atoms with Crippen LogP contribution in [0.25, 0.3) is 0 Å². The molecule has 0 aromatic carbocycles. The highest BCUT2D eigenvalue weighted by Crippen LogP contribution is 2.12. The molecule has 9 heteroatoms. The molecule has 0 aliphatic carbocycles. The van der Waals surface area contributed by atoms with Gasteiger partial charge in [0.15, 0.2) is 10.8 Å². The molecule has 0 saturated carbocycles. The summed E-state index contributed by atoms with van der Waals surface area (Å²) in [6, 6.07) is 0. The van der Waals surface area contributed by atoms with Crippen molar-refractivity contribution < 1.29 is 19.5 Å². The van der Waals surface area contributed by atoms with Crippen molar-refractivity contribution in [3.63, 3.8) is 0 Å². The Morgan fingerprint density at radius 1 is 1.67 bits per heavy atom. The van der Waals surface area contributed by atoms with Crippen molar-refractivity contribution in [2.45, 2.75) is 19.4 Å². The second-order valence-electron chi connectivity index (χ2n) is 3.39. The standard InChI is InChI=1S/C9H12N4O4S/c1-4(2-6(14)15)17-13-7(8(10)16)5-3-18-9(11)12-5/h3-4H,2H2,1H3,(H2,10,16)(H2,11,12)(H,14,15)/b13-7-. The summed E-state index contributed by atoms with van der Waals surface area (Å²) < 4.78 is 0. The monoisotopic (exact) mass is 272 g/mol. The van der Waals surface area contributed by atoms with Crippen molar-refractivity contribution in [3.8, 4) is 0 Å². The number of carbonyl (C=O) groups excluding carboxylic acids is 1. The number of carboxylic acid groups (broad SMARTS) is 1. The molecule has 1 amide bonds. The van der Waals surface area contributed by atoms with Crippen LogP contribution in [-0.4, -0.2) is 33.8 Å². The zero-order valence-corrected chi connectivity index (χ0v) is 10.3. The smallest absolute Gasteiger partial charge is 0.307 e. The van der Waals surface area contributed by atoms with Crippen LogP contribution < -0.4 is 11.5 Å². The molecule has 0 spiro atoms. The number of amides is 1. The molecule has 1 aromatic rings. The van der Waals surface area contributed by atoms with Crippen LogP contribution in [0.3, 0.4) is 0 Å². The van der Waals surface area contributed by atoms with Crippen LogP contribution in [0.4, 0.5) is 5.13 Å². The molecule has 0 aliphatic heterocycles. The highest BCUT2D eigenvalue weighted by atomic mass is 32.1. The summed E-state index contributed by atoms with van der Waals surface area (Å²) in [5.74, 6) is -1.86. The SMILES string of the molecule is CC(CC(=O)O)O/N=C(\C(N)=O)c1csc(N)n1. The van der Waals surface area contributed by atoms with Gasteiger partial charge in [-0.1, -0.05) is 5.16 Å². The van der Waals surface area contributed by atoms with E-state index in [-0.39, 0.29) is 23.0 Å². The van der Waals surface area contributed by atoms with Crippen LogP contribution in [0.1, 0.15) is 19.0 Å². The molecule has 98 valence electrons. The lowest BCUT2D eigenvalue weighted by atomic mass is 10.3. The number of carbonyl (C=O) groups is 2. The van der Waals surface area contributed by atoms with Crippen molar-refractivity contribution in [2.75, 3.05) is 5.73 Å². The van der Waals surface area contributed by atoms with E-state index in [2.05, 4.69) is 10.1 Å². The van der Waals surface area contributed by atoms with Gasteiger partial charge in [-0.15, -0.1) is 11.3 Å². The molecule has 5 N–H and O–H groups in total. The minimum absolute atomic E-state index is 0.194. The first-order chi connectivity index (χ1) is 8.40. The maximum Gasteiger partial charge on any atom is 0.307 e. The Morgan fingerprint density at radius 3 is 2.78 bits per heavy atom. The lowest BCUT2D eigenvalue weighted by Crippen LogP contribution is -2.25. The van der Waals surface area contributed by atoms with Crippen LogP contribution >= 0.6 is 11.3 Å². The van der Waals surface area contributed by atoms with Crippen LogP contribution in [0.2, 0.25) is 0 Å². The number of hydrogen-bond acceptors (Lipinski definition) is 7. The number of oxime groups is 1. The average molecular weight is 272 g/mol. The van der Waals surface area contributed by atoms with Gasteiger partial charge >= 0.3 is 5.97 Å². The summed E-state index contributed by atoms with van der Waals surface area (Å²) in [6.07, 6.45) is -0.929. The third-order valence-corrected chi connectivity index (χ3v) is 2.46. The maximum absolute atomic E-state index is 11.2. The largest absolute Gasteiger partial charge is 0.481 e. The number of anilines is 1. The predicted molar refractivity (Wildman–Crippen MR) is 65.1 cm³/mol. The number of primary amides is 1. The van der Waals surface area contributed by atoms with Gasteiger partial charge in [-0.05, 0) is 6.92 Å². The molecular weight excluding hydrogens is 260 g/mol. The lowest BCUT2D eigenvalue weighted by Gasteiger charge is -2.07. The van der Waals surface area contributed by atoms with Crippen LogP contribution in [0.15, 0.2) is 10.5 Å². The molecule has 1 rings (SSSR count). The molecule has 1 heterocycles. The summed E-state index contributed by atoms with van der Waals surface area (Å²) in [4.78, 5) is 30.3. The number of hydrogen-bond donors (Lipinski definition) is 3. The minimum Gasteiger partial charge on any atom is -0.481 e. The van der Waals surface area contributed by atoms with E-state index in [9.17, 15) is 9.59 Å². The normalized spacial score (nSPS) is 13.1. The Balaban J connectivity index is 2.80. The molecule has 0 aliphatic rings. The van der Waals surface area contributed by atoms with Gasteiger partial charge in [-0.25, -0.2) is 4.98 Å². The van der Waals surface area contributed by atoms with E-state index in [4.69, 9.17) is 21.4 Å². The predicted octanol–water partition coefficient (Wildman–Crippen LogP) is -0.206. The van der Waals surface area contributed by atoms with Crippen molar-refractivity contribution in [3.05, 3.63) is 11.1 Å². The van der Waals surface area contributed by atoms with E-state index >= 15 is 0 Å². The highest BCUT2D eigenvalue weighted by molar-refractivity contribution is 7.13. The molecule has 0 radical (unpaired) electrons. The number of rotatable bonds is 6. The van der Waals surface area contributed by atoms with E-state index in [1.807, 2.05) is 0 Å². The molecule has 8 nitrogen and oxygen atoms in total. The second kappa shape index (κ2) is 5.96. The molecule has 0 saturated heterocycles. The van der Waals surface area contributed by atoms with E-state index in [0.717, 1.165) is 11.3 Å². The van der Waals surface area contributed by atoms with Gasteiger partial charge in [0, 0.05) is 5.38 Å². The van der Waals surface area contributed by atoms with Crippen molar-refractivity contribution >= 4 is 34.1 Å². The van der Waals surface area contributed by atoms with Crippen molar-refractivity contribution in [1.82, 2.24) is 4.98 Å². The first-order valence-corrected chi connectivity index (χ1v) is 5.75. The lowest BCUT2D eigenvalue weighted by molar-refractivity contribution is -0.139. The number of aliphatic carboxylic acids is 1. The third kappa shape index (κ3) is 4.01. The van der Waals surface area contributed by atoms with E-state index < -0.39 is 18.0 Å². The van der Waals surface area contributed by atoms with Gasteiger partial charge in [0.05, 0.1) is 6.42 Å². The Kier molecular flexibility index (Phi) is 4.60. The van der Waals surface area contributed by atoms with Gasteiger partial charge in [0.25, 0.3) is 5.91 Å². The topological polar surface area (TPSA) is 141 Å². The Bertz CT molecular complexity index is 485. The number of nitrogen functional groups attached to an aromatic ring is 1. The second-order valence-corrected chi connectivity index (χ2v) is 4.28. The fraction of sp³-hybridized carbons (Fsp3) is 0.333. The molecular formula is C9H12N4O4S. The van der Waals surface area contributed by atoms with Gasteiger partial charge in [-0.3, -0.25) is 9.59 Å². The maximum atomic E-state index is 11.2. The molecule has 0 fully saturated rings. The van der Waals surface area contributed by atoms with E-state index in [0.29, 0.717) is 0 Å².